The fourth-order valence-electron chi connectivity index (χ4n) is 1.07. The van der Waals surface area contributed by atoms with Crippen LogP contribution in [-0.4, -0.2) is 27.5 Å². The van der Waals surface area contributed by atoms with Crippen LogP contribution in [-0.2, 0) is 4.79 Å². The molecule has 1 amide bonds. The molecule has 0 unspecified atom stereocenters. The van der Waals surface area contributed by atoms with Crippen LogP contribution >= 0.6 is 0 Å². The quantitative estimate of drug-likeness (QED) is 0.596. The molecule has 0 aliphatic rings. The van der Waals surface area contributed by atoms with E-state index in [1.807, 2.05) is 0 Å². The zero-order valence-corrected chi connectivity index (χ0v) is 9.08. The first-order chi connectivity index (χ1) is 8.00. The number of carbonyl (C=O) groups excluding carboxylic acids is 1. The Balaban J connectivity index is 2.75. The topological polar surface area (TPSA) is 105 Å². The summed E-state index contributed by atoms with van der Waals surface area (Å²) in [7, 11) is 0. The molecule has 1 heterocycles. The Labute approximate surface area is 96.9 Å². The first kappa shape index (κ1) is 12.6. The van der Waals surface area contributed by atoms with Crippen molar-refractivity contribution in [3.63, 3.8) is 0 Å². The maximum Gasteiger partial charge on any atom is 0.406 e. The van der Waals surface area contributed by atoms with Crippen molar-refractivity contribution in [3.8, 4) is 5.75 Å². The van der Waals surface area contributed by atoms with E-state index in [0.29, 0.717) is 12.2 Å². The summed E-state index contributed by atoms with van der Waals surface area (Å²) < 4.78 is 0. The number of carbonyl (C=O) groups is 1. The van der Waals surface area contributed by atoms with E-state index >= 15 is 0 Å². The molecule has 2 N–H and O–H groups in total. The van der Waals surface area contributed by atoms with Crippen LogP contribution in [0.4, 0.5) is 5.82 Å². The number of nitrogens with zero attached hydrogens (tertiary/aromatic N) is 2. The van der Waals surface area contributed by atoms with Gasteiger partial charge in [0.15, 0.2) is 5.69 Å². The summed E-state index contributed by atoms with van der Waals surface area (Å²) in [6.07, 6.45) is 3.12. The number of pyridine rings is 1. The number of nitrogens with one attached hydrogen (secondary N) is 1. The number of aromatic nitrogens is 1. The molecule has 7 nitrogen and oxygen atoms in total. The molecule has 1 aromatic heterocycles. The highest BCUT2D eigenvalue weighted by Gasteiger charge is 2.15. The zero-order chi connectivity index (χ0) is 12.8. The Hall–Kier alpha value is -2.44. The lowest BCUT2D eigenvalue weighted by Gasteiger charge is -1.96. The summed E-state index contributed by atoms with van der Waals surface area (Å²) in [6, 6.07) is 2.63. The van der Waals surface area contributed by atoms with Gasteiger partial charge in [0.25, 0.3) is 0 Å². The molecule has 0 radical (unpaired) electrons. The molecular formula is C10H11N3O4. The third-order valence-electron chi connectivity index (χ3n) is 1.81. The van der Waals surface area contributed by atoms with Gasteiger partial charge in [0, 0.05) is 13.5 Å². The molecule has 0 fully saturated rings. The molecule has 17 heavy (non-hydrogen) atoms. The molecule has 90 valence electrons. The standard InChI is InChI=1S/C10H11N3O4/c1-7(14)11-6-2-3-8-4-5-9(15)10(12-8)13(16)17/h2-5,15H,6H2,1H3,(H,11,14). The van der Waals surface area contributed by atoms with Gasteiger partial charge in [-0.3, -0.25) is 4.79 Å². The number of rotatable bonds is 4. The molecule has 1 rings (SSSR count). The van der Waals surface area contributed by atoms with Gasteiger partial charge in [-0.1, -0.05) is 6.08 Å². The van der Waals surface area contributed by atoms with Crippen LogP contribution in [0.25, 0.3) is 6.08 Å². The molecule has 0 aliphatic carbocycles. The first-order valence-electron chi connectivity index (χ1n) is 4.76. The zero-order valence-electron chi connectivity index (χ0n) is 9.08. The van der Waals surface area contributed by atoms with Crippen LogP contribution in [0.2, 0.25) is 0 Å². The van der Waals surface area contributed by atoms with E-state index in [1.165, 1.54) is 25.1 Å². The van der Waals surface area contributed by atoms with Crippen LogP contribution in [0.1, 0.15) is 12.6 Å². The van der Waals surface area contributed by atoms with E-state index in [4.69, 9.17) is 5.11 Å². The van der Waals surface area contributed by atoms with E-state index in [1.54, 1.807) is 6.08 Å². The van der Waals surface area contributed by atoms with Crippen LogP contribution in [0.15, 0.2) is 18.2 Å². The number of hydrogen-bond donors (Lipinski definition) is 2. The van der Waals surface area contributed by atoms with Gasteiger partial charge in [-0.15, -0.1) is 0 Å². The minimum Gasteiger partial charge on any atom is -0.501 e. The molecule has 0 aromatic carbocycles. The normalized spacial score (nSPS) is 10.4. The molecule has 0 saturated carbocycles. The van der Waals surface area contributed by atoms with E-state index in [2.05, 4.69) is 10.3 Å². The fourth-order valence-corrected chi connectivity index (χ4v) is 1.07. The smallest absolute Gasteiger partial charge is 0.406 e. The Kier molecular flexibility index (Phi) is 4.15. The van der Waals surface area contributed by atoms with Gasteiger partial charge in [0.2, 0.25) is 11.7 Å². The summed E-state index contributed by atoms with van der Waals surface area (Å²) in [4.78, 5) is 23.9. The van der Waals surface area contributed by atoms with Crippen LogP contribution in [0.5, 0.6) is 5.75 Å². The van der Waals surface area contributed by atoms with Crippen LogP contribution in [0, 0.1) is 10.1 Å². The lowest BCUT2D eigenvalue weighted by Crippen LogP contribution is -2.19. The van der Waals surface area contributed by atoms with Gasteiger partial charge in [0.1, 0.15) is 0 Å². The summed E-state index contributed by atoms with van der Waals surface area (Å²) in [5.41, 5.74) is 0.333. The Morgan fingerprint density at radius 1 is 1.65 bits per heavy atom. The van der Waals surface area contributed by atoms with Gasteiger partial charge >= 0.3 is 5.82 Å². The maximum atomic E-state index is 10.6. The van der Waals surface area contributed by atoms with Crippen LogP contribution in [0.3, 0.4) is 0 Å². The Morgan fingerprint density at radius 2 is 2.35 bits per heavy atom. The summed E-state index contributed by atoms with van der Waals surface area (Å²) in [5.74, 6) is -1.24. The van der Waals surface area contributed by atoms with Gasteiger partial charge in [-0.2, -0.15) is 0 Å². The summed E-state index contributed by atoms with van der Waals surface area (Å²) in [6.45, 7) is 1.70. The average molecular weight is 237 g/mol. The second-order valence-corrected chi connectivity index (χ2v) is 3.18. The van der Waals surface area contributed by atoms with Crippen molar-refractivity contribution in [2.45, 2.75) is 6.92 Å². The number of hydrogen-bond acceptors (Lipinski definition) is 5. The van der Waals surface area contributed by atoms with Crippen molar-refractivity contribution in [2.24, 2.45) is 0 Å². The molecule has 1 aromatic rings. The Morgan fingerprint density at radius 3 is 2.94 bits per heavy atom. The predicted molar refractivity (Wildman–Crippen MR) is 60.3 cm³/mol. The van der Waals surface area contributed by atoms with Gasteiger partial charge in [0.05, 0.1) is 0 Å². The van der Waals surface area contributed by atoms with Crippen molar-refractivity contribution in [1.29, 1.82) is 0 Å². The Bertz CT molecular complexity index is 471. The van der Waals surface area contributed by atoms with Gasteiger partial charge in [-0.05, 0) is 28.1 Å². The second-order valence-electron chi connectivity index (χ2n) is 3.18. The number of aromatic hydroxyl groups is 1. The minimum atomic E-state index is -0.763. The third-order valence-corrected chi connectivity index (χ3v) is 1.81. The average Bonchev–Trinajstić information content (AvgIpc) is 2.25. The summed E-state index contributed by atoms with van der Waals surface area (Å²) in [5, 5.41) is 22.2. The van der Waals surface area contributed by atoms with E-state index in [9.17, 15) is 14.9 Å². The third kappa shape index (κ3) is 3.90. The van der Waals surface area contributed by atoms with E-state index < -0.39 is 16.5 Å². The fraction of sp³-hybridized carbons (Fsp3) is 0.200. The molecule has 0 aliphatic heterocycles. The monoisotopic (exact) mass is 237 g/mol. The molecule has 0 atom stereocenters. The lowest BCUT2D eigenvalue weighted by atomic mass is 10.3. The lowest BCUT2D eigenvalue weighted by molar-refractivity contribution is -0.390. The second kappa shape index (κ2) is 5.59. The summed E-state index contributed by atoms with van der Waals surface area (Å²) >= 11 is 0. The first-order valence-corrected chi connectivity index (χ1v) is 4.76. The van der Waals surface area contributed by atoms with E-state index in [-0.39, 0.29) is 5.91 Å². The maximum absolute atomic E-state index is 10.6. The van der Waals surface area contributed by atoms with Crippen LogP contribution < -0.4 is 5.32 Å². The highest BCUT2D eigenvalue weighted by atomic mass is 16.6. The van der Waals surface area contributed by atoms with Crippen molar-refractivity contribution in [3.05, 3.63) is 34.0 Å². The van der Waals surface area contributed by atoms with Gasteiger partial charge in [-0.25, -0.2) is 0 Å². The molecular weight excluding hydrogens is 226 g/mol. The molecule has 0 saturated heterocycles. The highest BCUT2D eigenvalue weighted by Crippen LogP contribution is 2.22. The molecule has 0 bridgehead atoms. The van der Waals surface area contributed by atoms with Crippen molar-refractivity contribution in [1.82, 2.24) is 10.3 Å². The largest absolute Gasteiger partial charge is 0.501 e. The predicted octanol–water partition coefficient (Wildman–Crippen LogP) is 0.845. The molecule has 7 heteroatoms. The number of nitro groups is 1. The van der Waals surface area contributed by atoms with Crippen molar-refractivity contribution < 1.29 is 14.8 Å². The molecule has 0 spiro atoms. The minimum absolute atomic E-state index is 0.167. The SMILES string of the molecule is CC(=O)NCC=Cc1ccc(O)c([N+](=O)[O-])n1. The highest BCUT2D eigenvalue weighted by molar-refractivity contribution is 5.73. The number of amides is 1. The van der Waals surface area contributed by atoms with Crippen molar-refractivity contribution >= 4 is 17.8 Å². The van der Waals surface area contributed by atoms with Gasteiger partial charge < -0.3 is 20.5 Å². The van der Waals surface area contributed by atoms with E-state index in [0.717, 1.165) is 0 Å². The van der Waals surface area contributed by atoms with Crippen molar-refractivity contribution in [2.75, 3.05) is 6.54 Å².